The average Bonchev–Trinajstić information content (AvgIpc) is 2.51. The van der Waals surface area contributed by atoms with Crippen LogP contribution < -0.4 is 22.1 Å². The van der Waals surface area contributed by atoms with Gasteiger partial charge < -0.3 is 11.5 Å². The van der Waals surface area contributed by atoms with Gasteiger partial charge in [-0.2, -0.15) is 0 Å². The molecule has 4 heteroatoms. The summed E-state index contributed by atoms with van der Waals surface area (Å²) in [6.07, 6.45) is 0. The number of aryl methyl sites for hydroxylation is 2. The van der Waals surface area contributed by atoms with Crippen LogP contribution in [0.4, 0.5) is 11.4 Å². The number of nitrogen functional groups attached to an aromatic ring is 2. The van der Waals surface area contributed by atoms with E-state index in [1.54, 1.807) is 0 Å². The summed E-state index contributed by atoms with van der Waals surface area (Å²) in [5, 5.41) is 2.41. The molecule has 0 saturated carbocycles. The summed E-state index contributed by atoms with van der Waals surface area (Å²) >= 11 is 0. The maximum Gasteiger partial charge on any atom is 0.0438 e. The zero-order chi connectivity index (χ0) is 16.3. The normalized spacial score (nSPS) is 11.4. The van der Waals surface area contributed by atoms with Crippen molar-refractivity contribution in [3.05, 3.63) is 47.5 Å². The number of benzene rings is 2. The molecule has 2 aromatic carbocycles. The lowest BCUT2D eigenvalue weighted by molar-refractivity contribution is 0.514. The van der Waals surface area contributed by atoms with E-state index in [0.717, 1.165) is 35.6 Å². The second kappa shape index (κ2) is 7.13. The Hall–Kier alpha value is -1.57. The molecule has 0 atom stereocenters. The molecule has 22 heavy (non-hydrogen) atoms. The molecule has 0 aliphatic heterocycles. The predicted molar refractivity (Wildman–Crippen MR) is 100 cm³/mol. The van der Waals surface area contributed by atoms with Crippen molar-refractivity contribution in [3.63, 3.8) is 0 Å². The highest BCUT2D eigenvalue weighted by atomic mass is 31.1. The van der Waals surface area contributed by atoms with Crippen LogP contribution in [0.5, 0.6) is 0 Å². The molecule has 0 bridgehead atoms. The van der Waals surface area contributed by atoms with Crippen LogP contribution in [0, 0.1) is 13.8 Å². The monoisotopic (exact) mass is 315 g/mol. The van der Waals surface area contributed by atoms with E-state index in [-0.39, 0.29) is 0 Å². The first-order valence-electron chi connectivity index (χ1n) is 7.76. The summed E-state index contributed by atoms with van der Waals surface area (Å²) < 4.78 is 2.46. The van der Waals surface area contributed by atoms with Crippen LogP contribution in [0.1, 0.15) is 25.0 Å². The van der Waals surface area contributed by atoms with Gasteiger partial charge in [-0.15, -0.1) is 0 Å². The van der Waals surface area contributed by atoms with Crippen molar-refractivity contribution in [1.82, 2.24) is 4.67 Å². The topological polar surface area (TPSA) is 55.3 Å². The van der Waals surface area contributed by atoms with Crippen LogP contribution in [0.3, 0.4) is 0 Å². The average molecular weight is 315 g/mol. The lowest BCUT2D eigenvalue weighted by Gasteiger charge is -2.32. The minimum Gasteiger partial charge on any atom is -0.398 e. The summed E-state index contributed by atoms with van der Waals surface area (Å²) in [7, 11) is -0.705. The molecule has 0 amide bonds. The first-order valence-corrected chi connectivity index (χ1v) is 9.05. The minimum atomic E-state index is -0.705. The van der Waals surface area contributed by atoms with Crippen molar-refractivity contribution >= 4 is 30.1 Å². The Bertz CT molecular complexity index is 599. The van der Waals surface area contributed by atoms with Crippen LogP contribution in [-0.2, 0) is 0 Å². The highest BCUT2D eigenvalue weighted by Gasteiger charge is 2.25. The fourth-order valence-corrected chi connectivity index (χ4v) is 5.34. The number of hydrogen-bond donors (Lipinski definition) is 2. The van der Waals surface area contributed by atoms with Crippen molar-refractivity contribution in [1.29, 1.82) is 0 Å². The SMILES string of the molecule is CCN(CC)P(c1cccc(C)c1N)c1cccc(C)c1N. The molecule has 4 N–H and O–H groups in total. The number of rotatable bonds is 5. The third-order valence-corrected chi connectivity index (χ3v) is 6.90. The minimum absolute atomic E-state index is 0.705. The molecule has 3 nitrogen and oxygen atoms in total. The maximum absolute atomic E-state index is 6.40. The van der Waals surface area contributed by atoms with Crippen molar-refractivity contribution in [3.8, 4) is 0 Å². The molecule has 0 aliphatic carbocycles. The zero-order valence-electron chi connectivity index (χ0n) is 13.9. The van der Waals surface area contributed by atoms with E-state index in [0.29, 0.717) is 0 Å². The van der Waals surface area contributed by atoms with E-state index in [9.17, 15) is 0 Å². The number of hydrogen-bond acceptors (Lipinski definition) is 3. The van der Waals surface area contributed by atoms with Gasteiger partial charge in [0, 0.05) is 30.1 Å². The van der Waals surface area contributed by atoms with E-state index in [1.807, 2.05) is 0 Å². The highest BCUT2D eigenvalue weighted by molar-refractivity contribution is 7.71. The summed E-state index contributed by atoms with van der Waals surface area (Å²) in [6.45, 7) is 10.5. The first kappa shape index (κ1) is 16.8. The van der Waals surface area contributed by atoms with Gasteiger partial charge in [0.1, 0.15) is 0 Å². The highest BCUT2D eigenvalue weighted by Crippen LogP contribution is 2.42. The standard InChI is InChI=1S/C18H26N3P/c1-5-21(6-2)22(15-11-7-9-13(3)17(15)19)16-12-8-10-14(4)18(16)20/h7-12H,5-6,19-20H2,1-4H3. The summed E-state index contributed by atoms with van der Waals surface area (Å²) in [5.74, 6) is 0. The van der Waals surface area contributed by atoms with Crippen molar-refractivity contribution in [2.24, 2.45) is 0 Å². The number of nitrogens with two attached hydrogens (primary N) is 2. The molecule has 0 aliphatic rings. The van der Waals surface area contributed by atoms with Crippen LogP contribution in [-0.4, -0.2) is 17.8 Å². The Morgan fingerprint density at radius 2 is 1.23 bits per heavy atom. The number of anilines is 2. The second-order valence-electron chi connectivity index (χ2n) is 5.47. The Labute approximate surface area is 135 Å². The van der Waals surface area contributed by atoms with Crippen LogP contribution in [0.2, 0.25) is 0 Å². The van der Waals surface area contributed by atoms with Gasteiger partial charge >= 0.3 is 0 Å². The first-order chi connectivity index (χ1) is 10.5. The van der Waals surface area contributed by atoms with E-state index < -0.39 is 8.07 Å². The van der Waals surface area contributed by atoms with Gasteiger partial charge in [0.2, 0.25) is 0 Å². The molecule has 0 radical (unpaired) electrons. The van der Waals surface area contributed by atoms with E-state index in [2.05, 4.69) is 68.8 Å². The predicted octanol–water partition coefficient (Wildman–Crippen LogP) is 3.16. The zero-order valence-corrected chi connectivity index (χ0v) is 14.8. The lowest BCUT2D eigenvalue weighted by atomic mass is 10.2. The largest absolute Gasteiger partial charge is 0.398 e. The van der Waals surface area contributed by atoms with Gasteiger partial charge in [-0.1, -0.05) is 50.2 Å². The fraction of sp³-hybridized carbons (Fsp3) is 0.333. The van der Waals surface area contributed by atoms with Crippen LogP contribution >= 0.6 is 8.07 Å². The Kier molecular flexibility index (Phi) is 5.44. The van der Waals surface area contributed by atoms with Gasteiger partial charge in [-0.25, -0.2) is 0 Å². The Morgan fingerprint density at radius 3 is 1.59 bits per heavy atom. The second-order valence-corrected chi connectivity index (χ2v) is 7.62. The molecule has 2 rings (SSSR count). The van der Waals surface area contributed by atoms with Gasteiger partial charge in [-0.05, 0) is 38.1 Å². The molecule has 0 heterocycles. The van der Waals surface area contributed by atoms with Gasteiger partial charge in [0.25, 0.3) is 0 Å². The maximum atomic E-state index is 6.40. The van der Waals surface area contributed by atoms with E-state index in [4.69, 9.17) is 11.5 Å². The third-order valence-electron chi connectivity index (χ3n) is 4.07. The van der Waals surface area contributed by atoms with E-state index >= 15 is 0 Å². The molecule has 0 spiro atoms. The van der Waals surface area contributed by atoms with Crippen molar-refractivity contribution in [2.75, 3.05) is 24.6 Å². The molecule has 2 aromatic rings. The molecule has 0 saturated heterocycles. The smallest absolute Gasteiger partial charge is 0.0438 e. The van der Waals surface area contributed by atoms with Gasteiger partial charge in [0.05, 0.1) is 0 Å². The van der Waals surface area contributed by atoms with Gasteiger partial charge in [0.15, 0.2) is 0 Å². The molecule has 0 unspecified atom stereocenters. The molecular formula is C18H26N3P. The number of nitrogens with zero attached hydrogens (tertiary/aromatic N) is 1. The van der Waals surface area contributed by atoms with E-state index in [1.165, 1.54) is 10.6 Å². The molecule has 0 fully saturated rings. The summed E-state index contributed by atoms with van der Waals surface area (Å²) in [5.41, 5.74) is 16.8. The number of para-hydroxylation sites is 2. The van der Waals surface area contributed by atoms with Crippen LogP contribution in [0.15, 0.2) is 36.4 Å². The third kappa shape index (κ3) is 3.11. The van der Waals surface area contributed by atoms with Gasteiger partial charge in [-0.3, -0.25) is 4.67 Å². The quantitative estimate of drug-likeness (QED) is 0.658. The molecule has 0 aromatic heterocycles. The summed E-state index contributed by atoms with van der Waals surface area (Å²) in [4.78, 5) is 0. The lowest BCUT2D eigenvalue weighted by Crippen LogP contribution is -2.31. The van der Waals surface area contributed by atoms with Crippen molar-refractivity contribution in [2.45, 2.75) is 27.7 Å². The van der Waals surface area contributed by atoms with Crippen LogP contribution in [0.25, 0.3) is 0 Å². The van der Waals surface area contributed by atoms with Crippen molar-refractivity contribution < 1.29 is 0 Å². The fourth-order valence-electron chi connectivity index (χ4n) is 2.64. The summed E-state index contributed by atoms with van der Waals surface area (Å²) in [6, 6.07) is 12.6. The Morgan fingerprint density at radius 1 is 0.818 bits per heavy atom. The molecular weight excluding hydrogens is 289 g/mol. The Balaban J connectivity index is 2.66. The molecule has 118 valence electrons.